The smallest absolute Gasteiger partial charge is 0.124 e. The highest BCUT2D eigenvalue weighted by atomic mass is 35.5. The Kier molecular flexibility index (Phi) is 4.30. The van der Waals surface area contributed by atoms with Crippen LogP contribution in [0, 0.1) is 6.92 Å². The van der Waals surface area contributed by atoms with Crippen LogP contribution in [0.15, 0.2) is 18.2 Å². The molecule has 2 heterocycles. The van der Waals surface area contributed by atoms with Gasteiger partial charge in [-0.25, -0.2) is 4.98 Å². The summed E-state index contributed by atoms with van der Waals surface area (Å²) in [6.45, 7) is 3.15. The summed E-state index contributed by atoms with van der Waals surface area (Å²) >= 11 is 10.2. The fourth-order valence-electron chi connectivity index (χ4n) is 2.43. The van der Waals surface area contributed by atoms with E-state index in [0.29, 0.717) is 11.1 Å². The van der Waals surface area contributed by atoms with Gasteiger partial charge < -0.3 is 4.57 Å². The van der Waals surface area contributed by atoms with Gasteiger partial charge in [0.1, 0.15) is 5.82 Å². The predicted molar refractivity (Wildman–Crippen MR) is 87.6 cm³/mol. The molecule has 1 atom stereocenters. The second-order valence-electron chi connectivity index (χ2n) is 4.83. The summed E-state index contributed by atoms with van der Waals surface area (Å²) in [5.74, 6) is 5.26. The zero-order valence-electron chi connectivity index (χ0n) is 10.9. The van der Waals surface area contributed by atoms with E-state index in [1.165, 1.54) is 28.3 Å². The molecule has 2 nitrogen and oxygen atoms in total. The number of hydrogen-bond donors (Lipinski definition) is 0. The average molecular weight is 313 g/mol. The van der Waals surface area contributed by atoms with Gasteiger partial charge in [-0.1, -0.05) is 6.07 Å². The van der Waals surface area contributed by atoms with Gasteiger partial charge in [0.2, 0.25) is 0 Å². The number of rotatable bonds is 3. The van der Waals surface area contributed by atoms with E-state index in [2.05, 4.69) is 58.2 Å². The van der Waals surface area contributed by atoms with Gasteiger partial charge in [-0.15, -0.1) is 11.6 Å². The highest BCUT2D eigenvalue weighted by Gasteiger charge is 2.18. The molecule has 1 unspecified atom stereocenters. The summed E-state index contributed by atoms with van der Waals surface area (Å²) in [5, 5.41) is 0.679. The topological polar surface area (TPSA) is 17.8 Å². The van der Waals surface area contributed by atoms with Crippen molar-refractivity contribution >= 4 is 46.2 Å². The van der Waals surface area contributed by atoms with Crippen molar-refractivity contribution in [3.05, 3.63) is 29.6 Å². The van der Waals surface area contributed by atoms with E-state index in [-0.39, 0.29) is 0 Å². The van der Waals surface area contributed by atoms with Crippen LogP contribution in [0.25, 0.3) is 11.0 Å². The van der Waals surface area contributed by atoms with Crippen molar-refractivity contribution in [1.82, 2.24) is 9.55 Å². The SMILES string of the molecule is Cc1ccc2nc(CCl)n(CC3CSCCS3)c2c1. The molecule has 0 saturated carbocycles. The lowest BCUT2D eigenvalue weighted by molar-refractivity contribution is 0.687. The molecule has 3 rings (SSSR count). The van der Waals surface area contributed by atoms with Crippen molar-refractivity contribution in [3.8, 4) is 0 Å². The Morgan fingerprint density at radius 1 is 1.42 bits per heavy atom. The number of hydrogen-bond acceptors (Lipinski definition) is 3. The third-order valence-electron chi connectivity index (χ3n) is 3.37. The van der Waals surface area contributed by atoms with Crippen molar-refractivity contribution in [3.63, 3.8) is 0 Å². The molecule has 0 N–H and O–H groups in total. The highest BCUT2D eigenvalue weighted by Crippen LogP contribution is 2.28. The van der Waals surface area contributed by atoms with E-state index in [1.807, 2.05) is 0 Å². The summed E-state index contributed by atoms with van der Waals surface area (Å²) < 4.78 is 2.32. The molecule has 102 valence electrons. The molecule has 5 heteroatoms. The van der Waals surface area contributed by atoms with E-state index in [0.717, 1.165) is 17.9 Å². The zero-order valence-corrected chi connectivity index (χ0v) is 13.3. The number of halogens is 1. The fourth-order valence-corrected chi connectivity index (χ4v) is 5.29. The molecule has 1 aromatic heterocycles. The number of imidazole rings is 1. The van der Waals surface area contributed by atoms with E-state index in [1.54, 1.807) is 0 Å². The first kappa shape index (κ1) is 13.7. The maximum atomic E-state index is 6.07. The Morgan fingerprint density at radius 2 is 2.32 bits per heavy atom. The van der Waals surface area contributed by atoms with Gasteiger partial charge in [-0.05, 0) is 24.6 Å². The normalized spacial score (nSPS) is 20.0. The molecule has 0 aliphatic carbocycles. The van der Waals surface area contributed by atoms with Crippen LogP contribution in [0.3, 0.4) is 0 Å². The number of aromatic nitrogens is 2. The lowest BCUT2D eigenvalue weighted by Crippen LogP contribution is -2.21. The third-order valence-corrected chi connectivity index (χ3v) is 6.44. The number of fused-ring (bicyclic) bond motifs is 1. The van der Waals surface area contributed by atoms with Gasteiger partial charge in [-0.2, -0.15) is 23.5 Å². The van der Waals surface area contributed by atoms with Crippen LogP contribution in [-0.2, 0) is 12.4 Å². The first-order valence-electron chi connectivity index (χ1n) is 6.49. The Hall–Kier alpha value is -0.320. The Bertz CT molecular complexity index is 576. The second-order valence-corrected chi connectivity index (χ2v) is 7.66. The molecule has 1 aliphatic rings. The molecule has 0 bridgehead atoms. The van der Waals surface area contributed by atoms with Crippen LogP contribution in [0.1, 0.15) is 11.4 Å². The van der Waals surface area contributed by atoms with Crippen LogP contribution in [0.2, 0.25) is 0 Å². The maximum absolute atomic E-state index is 6.07. The Morgan fingerprint density at radius 3 is 3.05 bits per heavy atom. The lowest BCUT2D eigenvalue weighted by atomic mass is 10.2. The van der Waals surface area contributed by atoms with Crippen molar-refractivity contribution in [1.29, 1.82) is 0 Å². The molecule has 1 saturated heterocycles. The first-order chi connectivity index (χ1) is 9.28. The van der Waals surface area contributed by atoms with Crippen molar-refractivity contribution < 1.29 is 0 Å². The molecule has 1 aromatic carbocycles. The molecule has 1 fully saturated rings. The molecule has 1 aliphatic heterocycles. The van der Waals surface area contributed by atoms with E-state index in [9.17, 15) is 0 Å². The second kappa shape index (κ2) is 5.98. The molecule has 19 heavy (non-hydrogen) atoms. The quantitative estimate of drug-likeness (QED) is 0.800. The maximum Gasteiger partial charge on any atom is 0.124 e. The minimum absolute atomic E-state index is 0.484. The number of alkyl halides is 1. The summed E-state index contributed by atoms with van der Waals surface area (Å²) in [5.41, 5.74) is 3.57. The summed E-state index contributed by atoms with van der Waals surface area (Å²) in [6, 6.07) is 6.43. The molecular formula is C14H17ClN2S2. The van der Waals surface area contributed by atoms with Crippen molar-refractivity contribution in [2.24, 2.45) is 0 Å². The number of benzene rings is 1. The van der Waals surface area contributed by atoms with Crippen LogP contribution >= 0.6 is 35.1 Å². The van der Waals surface area contributed by atoms with Gasteiger partial charge in [0, 0.05) is 29.1 Å². The Labute approximate surface area is 127 Å². The molecular weight excluding hydrogens is 296 g/mol. The highest BCUT2D eigenvalue weighted by molar-refractivity contribution is 8.06. The van der Waals surface area contributed by atoms with Crippen LogP contribution in [0.5, 0.6) is 0 Å². The zero-order chi connectivity index (χ0) is 13.2. The Balaban J connectivity index is 1.97. The molecule has 0 radical (unpaired) electrons. The van der Waals surface area contributed by atoms with E-state index >= 15 is 0 Å². The van der Waals surface area contributed by atoms with Gasteiger partial charge >= 0.3 is 0 Å². The average Bonchev–Trinajstić information content (AvgIpc) is 2.78. The van der Waals surface area contributed by atoms with E-state index < -0.39 is 0 Å². The van der Waals surface area contributed by atoms with Crippen molar-refractivity contribution in [2.45, 2.75) is 24.6 Å². The lowest BCUT2D eigenvalue weighted by Gasteiger charge is -2.22. The number of nitrogens with zero attached hydrogens (tertiary/aromatic N) is 2. The minimum atomic E-state index is 0.484. The van der Waals surface area contributed by atoms with Crippen molar-refractivity contribution in [2.75, 3.05) is 17.3 Å². The predicted octanol–water partition coefficient (Wildman–Crippen LogP) is 3.93. The first-order valence-corrected chi connectivity index (χ1v) is 9.23. The van der Waals surface area contributed by atoms with Gasteiger partial charge in [0.25, 0.3) is 0 Å². The minimum Gasteiger partial charge on any atom is -0.326 e. The molecule has 0 amide bonds. The third kappa shape index (κ3) is 2.91. The molecule has 2 aromatic rings. The van der Waals surface area contributed by atoms with Gasteiger partial charge in [0.15, 0.2) is 0 Å². The van der Waals surface area contributed by atoms with Crippen LogP contribution < -0.4 is 0 Å². The standard InChI is InChI=1S/C14H17ClN2S2/c1-10-2-3-12-13(6-10)17(14(7-15)16-12)8-11-9-18-4-5-19-11/h2-3,6,11H,4-5,7-9H2,1H3. The molecule has 0 spiro atoms. The summed E-state index contributed by atoms with van der Waals surface area (Å²) in [6.07, 6.45) is 0. The summed E-state index contributed by atoms with van der Waals surface area (Å²) in [4.78, 5) is 4.65. The number of aryl methyl sites for hydroxylation is 1. The van der Waals surface area contributed by atoms with Crippen LogP contribution in [-0.4, -0.2) is 32.1 Å². The fraction of sp³-hybridized carbons (Fsp3) is 0.500. The van der Waals surface area contributed by atoms with Gasteiger partial charge in [-0.3, -0.25) is 0 Å². The summed E-state index contributed by atoms with van der Waals surface area (Å²) in [7, 11) is 0. The largest absolute Gasteiger partial charge is 0.326 e. The van der Waals surface area contributed by atoms with E-state index in [4.69, 9.17) is 11.6 Å². The van der Waals surface area contributed by atoms with Gasteiger partial charge in [0.05, 0.1) is 16.9 Å². The monoisotopic (exact) mass is 312 g/mol. The number of thioether (sulfide) groups is 2. The van der Waals surface area contributed by atoms with Crippen LogP contribution in [0.4, 0.5) is 0 Å².